The molecule has 0 radical (unpaired) electrons. The third-order valence-corrected chi connectivity index (χ3v) is 7.21. The molecule has 1 aliphatic carbocycles. The van der Waals surface area contributed by atoms with E-state index in [1.54, 1.807) is 30.4 Å². The molecule has 2 aromatic rings. The van der Waals surface area contributed by atoms with Crippen LogP contribution < -0.4 is 14.2 Å². The van der Waals surface area contributed by atoms with E-state index < -0.39 is 17.8 Å². The number of ketones is 1. The van der Waals surface area contributed by atoms with Crippen LogP contribution in [0.15, 0.2) is 45.9 Å². The molecule has 1 aromatic heterocycles. The summed E-state index contributed by atoms with van der Waals surface area (Å²) >= 11 is 1.62. The maximum absolute atomic E-state index is 13.5. The van der Waals surface area contributed by atoms with Crippen molar-refractivity contribution in [2.24, 2.45) is 10.9 Å². The van der Waals surface area contributed by atoms with Crippen molar-refractivity contribution in [1.82, 2.24) is 0 Å². The minimum Gasteiger partial charge on any atom is -0.496 e. The molecule has 2 heterocycles. The van der Waals surface area contributed by atoms with Gasteiger partial charge in [0.25, 0.3) is 0 Å². The predicted octanol–water partition coefficient (Wildman–Crippen LogP) is 4.43. The Labute approximate surface area is 190 Å². The number of aliphatic imine (C=N–C) groups is 1. The number of nitrogens with zero attached hydrogens (tertiary/aromatic N) is 1. The van der Waals surface area contributed by atoms with E-state index >= 15 is 0 Å². The second-order valence-corrected chi connectivity index (χ2v) is 8.88. The summed E-state index contributed by atoms with van der Waals surface area (Å²) in [7, 11) is 4.54. The largest absolute Gasteiger partial charge is 0.496 e. The number of hydrogen-bond donors (Lipinski definition) is 1. The molecule has 1 N–H and O–H groups in total. The van der Waals surface area contributed by atoms with E-state index in [2.05, 4.69) is 4.99 Å². The highest BCUT2D eigenvalue weighted by Crippen LogP contribution is 2.50. The smallest absolute Gasteiger partial charge is 0.313 e. The van der Waals surface area contributed by atoms with E-state index in [1.165, 1.54) is 21.3 Å². The lowest BCUT2D eigenvalue weighted by molar-refractivity contribution is -0.139. The van der Waals surface area contributed by atoms with Gasteiger partial charge in [-0.2, -0.15) is 0 Å². The summed E-state index contributed by atoms with van der Waals surface area (Å²) in [6.07, 6.45) is 0.920. The van der Waals surface area contributed by atoms with Gasteiger partial charge in [0, 0.05) is 51.7 Å². The van der Waals surface area contributed by atoms with Gasteiger partial charge in [-0.05, 0) is 30.9 Å². The molecular formula is C24H25NO6S. The van der Waals surface area contributed by atoms with E-state index in [9.17, 15) is 14.7 Å². The summed E-state index contributed by atoms with van der Waals surface area (Å²) in [6, 6.07) is 7.38. The highest BCUT2D eigenvalue weighted by Gasteiger charge is 2.45. The van der Waals surface area contributed by atoms with Crippen LogP contribution in [0.5, 0.6) is 17.2 Å². The van der Waals surface area contributed by atoms with E-state index in [0.29, 0.717) is 52.6 Å². The summed E-state index contributed by atoms with van der Waals surface area (Å²) in [5.74, 6) is -1.44. The molecule has 0 fully saturated rings. The number of carboxylic acids is 1. The molecule has 32 heavy (non-hydrogen) atoms. The van der Waals surface area contributed by atoms with Crippen LogP contribution in [-0.2, 0) is 9.59 Å². The summed E-state index contributed by atoms with van der Waals surface area (Å²) in [5.41, 5.74) is 2.16. The number of allylic oxidation sites excluding steroid dienone is 2. The first-order valence-corrected chi connectivity index (χ1v) is 11.1. The molecule has 2 aliphatic rings. The van der Waals surface area contributed by atoms with Crippen LogP contribution in [0, 0.1) is 5.92 Å². The van der Waals surface area contributed by atoms with Gasteiger partial charge in [0.2, 0.25) is 0 Å². The van der Waals surface area contributed by atoms with Gasteiger partial charge in [0.15, 0.2) is 17.3 Å². The van der Waals surface area contributed by atoms with Crippen LogP contribution in [0.4, 0.5) is 0 Å². The van der Waals surface area contributed by atoms with Crippen molar-refractivity contribution in [3.05, 3.63) is 51.4 Å². The number of aliphatic carboxylic acids is 1. The van der Waals surface area contributed by atoms with Crippen molar-refractivity contribution < 1.29 is 28.9 Å². The van der Waals surface area contributed by atoms with Crippen LogP contribution in [0.1, 0.15) is 42.0 Å². The molecule has 0 bridgehead atoms. The van der Waals surface area contributed by atoms with Crippen LogP contribution in [0.3, 0.4) is 0 Å². The Morgan fingerprint density at radius 2 is 1.78 bits per heavy atom. The Bertz CT molecular complexity index is 1120. The first-order valence-electron chi connectivity index (χ1n) is 10.3. The number of carboxylic acid groups (broad SMARTS) is 1. The van der Waals surface area contributed by atoms with Crippen molar-refractivity contribution in [3.63, 3.8) is 0 Å². The number of benzene rings is 1. The van der Waals surface area contributed by atoms with Crippen molar-refractivity contribution >= 4 is 28.8 Å². The minimum atomic E-state index is -1.03. The lowest BCUT2D eigenvalue weighted by Crippen LogP contribution is -2.37. The van der Waals surface area contributed by atoms with Crippen molar-refractivity contribution in [1.29, 1.82) is 0 Å². The zero-order valence-corrected chi connectivity index (χ0v) is 19.2. The SMILES string of the molecule is COc1cc(OC)c(C2C3=C(CC(c4cccs4)CC3=O)N=C(C)C2C(=O)O)cc1OC. The highest BCUT2D eigenvalue weighted by molar-refractivity contribution is 7.10. The van der Waals surface area contributed by atoms with Gasteiger partial charge >= 0.3 is 5.97 Å². The molecule has 1 aliphatic heterocycles. The Kier molecular flexibility index (Phi) is 6.06. The Hall–Kier alpha value is -3.13. The Morgan fingerprint density at radius 1 is 1.09 bits per heavy atom. The number of rotatable bonds is 6. The van der Waals surface area contributed by atoms with Crippen molar-refractivity contribution in [2.45, 2.75) is 31.6 Å². The number of carbonyl (C=O) groups excluding carboxylic acids is 1. The predicted molar refractivity (Wildman–Crippen MR) is 121 cm³/mol. The Balaban J connectivity index is 1.90. The molecule has 0 saturated heterocycles. The number of Topliss-reactive ketones (excluding diaryl/α,β-unsaturated/α-hetero) is 1. The van der Waals surface area contributed by atoms with Gasteiger partial charge in [0.1, 0.15) is 11.7 Å². The molecule has 0 saturated carbocycles. The molecule has 3 unspecified atom stereocenters. The van der Waals surface area contributed by atoms with Gasteiger partial charge < -0.3 is 19.3 Å². The van der Waals surface area contributed by atoms with Crippen LogP contribution in [-0.4, -0.2) is 43.9 Å². The van der Waals surface area contributed by atoms with Gasteiger partial charge in [0.05, 0.1) is 21.3 Å². The quantitative estimate of drug-likeness (QED) is 0.692. The average Bonchev–Trinajstić information content (AvgIpc) is 3.31. The molecule has 1 aromatic carbocycles. The lowest BCUT2D eigenvalue weighted by Gasteiger charge is -2.36. The average molecular weight is 456 g/mol. The standard InChI is InChI=1S/C24H25NO6S/c1-12-21(24(27)28)22(14-10-18(30-3)19(31-4)11-17(14)29-2)23-15(25-12)8-13(9-16(23)26)20-6-5-7-32-20/h5-7,10-11,13,21-22H,8-9H2,1-4H3,(H,27,28). The topological polar surface area (TPSA) is 94.4 Å². The number of ether oxygens (including phenoxy) is 3. The van der Waals surface area contributed by atoms with Crippen molar-refractivity contribution in [3.8, 4) is 17.2 Å². The second kappa shape index (κ2) is 8.78. The van der Waals surface area contributed by atoms with E-state index in [1.807, 2.05) is 17.5 Å². The molecule has 8 heteroatoms. The molecule has 7 nitrogen and oxygen atoms in total. The molecular weight excluding hydrogens is 430 g/mol. The third kappa shape index (κ3) is 3.68. The zero-order valence-electron chi connectivity index (χ0n) is 18.4. The Morgan fingerprint density at radius 3 is 2.38 bits per heavy atom. The first-order chi connectivity index (χ1) is 15.4. The lowest BCUT2D eigenvalue weighted by atomic mass is 9.69. The van der Waals surface area contributed by atoms with E-state index in [4.69, 9.17) is 14.2 Å². The maximum Gasteiger partial charge on any atom is 0.313 e. The van der Waals surface area contributed by atoms with Gasteiger partial charge in [-0.15, -0.1) is 11.3 Å². The van der Waals surface area contributed by atoms with E-state index in [-0.39, 0.29) is 11.7 Å². The summed E-state index contributed by atoms with van der Waals surface area (Å²) in [6.45, 7) is 1.71. The monoisotopic (exact) mass is 455 g/mol. The van der Waals surface area contributed by atoms with E-state index in [0.717, 1.165) is 4.88 Å². The van der Waals surface area contributed by atoms with Crippen molar-refractivity contribution in [2.75, 3.05) is 21.3 Å². The van der Waals surface area contributed by atoms with Gasteiger partial charge in [-0.1, -0.05) is 6.07 Å². The fourth-order valence-corrected chi connectivity index (χ4v) is 5.57. The number of carbonyl (C=O) groups is 2. The van der Waals surface area contributed by atoms with Crippen LogP contribution >= 0.6 is 11.3 Å². The minimum absolute atomic E-state index is 0.0483. The molecule has 0 spiro atoms. The highest BCUT2D eigenvalue weighted by atomic mass is 32.1. The summed E-state index contributed by atoms with van der Waals surface area (Å²) in [4.78, 5) is 31.6. The summed E-state index contributed by atoms with van der Waals surface area (Å²) in [5, 5.41) is 12.1. The second-order valence-electron chi connectivity index (χ2n) is 7.90. The normalized spacial score (nSPS) is 22.8. The van der Waals surface area contributed by atoms with Crippen LogP contribution in [0.25, 0.3) is 0 Å². The first kappa shape index (κ1) is 22.1. The number of thiophene rings is 1. The number of methoxy groups -OCH3 is 3. The third-order valence-electron chi connectivity index (χ3n) is 6.17. The summed E-state index contributed by atoms with van der Waals surface area (Å²) < 4.78 is 16.4. The van der Waals surface area contributed by atoms with Gasteiger partial charge in [-0.3, -0.25) is 14.6 Å². The molecule has 3 atom stereocenters. The molecule has 4 rings (SSSR count). The maximum atomic E-state index is 13.5. The van der Waals surface area contributed by atoms with Gasteiger partial charge in [-0.25, -0.2) is 0 Å². The number of hydrogen-bond acceptors (Lipinski definition) is 7. The molecule has 0 amide bonds. The molecule has 168 valence electrons. The fraction of sp³-hybridized carbons (Fsp3) is 0.375. The van der Waals surface area contributed by atoms with Crippen LogP contribution in [0.2, 0.25) is 0 Å². The zero-order chi connectivity index (χ0) is 23.0. The fourth-order valence-electron chi connectivity index (χ4n) is 4.74.